The molecule has 1 aromatic carbocycles. The summed E-state index contributed by atoms with van der Waals surface area (Å²) in [6, 6.07) is 5.33. The number of hydrogen-bond donors (Lipinski definition) is 1. The molecule has 0 amide bonds. The first kappa shape index (κ1) is 16.6. The molecule has 1 aliphatic heterocycles. The van der Waals surface area contributed by atoms with Gasteiger partial charge in [-0.15, -0.1) is 11.3 Å². The van der Waals surface area contributed by atoms with Crippen molar-refractivity contribution in [3.63, 3.8) is 0 Å². The Bertz CT molecular complexity index is 1010. The van der Waals surface area contributed by atoms with E-state index in [-0.39, 0.29) is 5.78 Å². The molecule has 0 saturated carbocycles. The molecule has 1 fully saturated rings. The maximum atomic E-state index is 11.9. The number of aromatic nitrogens is 2. The number of fused-ring (bicyclic) bond motifs is 1. The topological polar surface area (TPSA) is 72.1 Å². The Morgan fingerprint density at radius 1 is 1.24 bits per heavy atom. The Morgan fingerprint density at radius 2 is 2.00 bits per heavy atom. The zero-order valence-electron chi connectivity index (χ0n) is 13.3. The summed E-state index contributed by atoms with van der Waals surface area (Å²) in [7, 11) is 0. The number of nitrogens with zero attached hydrogens (tertiary/aromatic N) is 3. The average Bonchev–Trinajstić information content (AvgIpc) is 2.85. The maximum absolute atomic E-state index is 11.9. The van der Waals surface area contributed by atoms with Crippen LogP contribution in [-0.4, -0.2) is 28.8 Å². The molecular formula is C17H14Cl2N4OS. The lowest BCUT2D eigenvalue weighted by Crippen LogP contribution is -2.38. The van der Waals surface area contributed by atoms with Crippen LogP contribution in [0.25, 0.3) is 21.5 Å². The number of carbonyl (C=O) groups excluding carboxylic acids is 1. The first-order chi connectivity index (χ1) is 12.0. The first-order valence-electron chi connectivity index (χ1n) is 7.77. The Labute approximate surface area is 158 Å². The predicted molar refractivity (Wildman–Crippen MR) is 104 cm³/mol. The summed E-state index contributed by atoms with van der Waals surface area (Å²) in [4.78, 5) is 24.6. The van der Waals surface area contributed by atoms with Gasteiger partial charge in [-0.05, 0) is 18.6 Å². The molecule has 0 radical (unpaired) electrons. The van der Waals surface area contributed by atoms with Crippen molar-refractivity contribution in [1.29, 1.82) is 0 Å². The molecule has 128 valence electrons. The van der Waals surface area contributed by atoms with E-state index in [0.29, 0.717) is 42.5 Å². The highest BCUT2D eigenvalue weighted by Gasteiger charge is 2.24. The fourth-order valence-corrected chi connectivity index (χ4v) is 4.07. The van der Waals surface area contributed by atoms with Gasteiger partial charge in [0.05, 0.1) is 31.7 Å². The molecule has 3 heterocycles. The second-order valence-corrected chi connectivity index (χ2v) is 7.74. The van der Waals surface area contributed by atoms with E-state index in [0.717, 1.165) is 25.1 Å². The van der Waals surface area contributed by atoms with Crippen molar-refractivity contribution in [2.45, 2.75) is 13.3 Å². The van der Waals surface area contributed by atoms with Gasteiger partial charge in [0, 0.05) is 25.6 Å². The average molecular weight is 393 g/mol. The molecule has 0 bridgehead atoms. The van der Waals surface area contributed by atoms with Gasteiger partial charge in [-0.1, -0.05) is 29.3 Å². The third-order valence-electron chi connectivity index (χ3n) is 4.23. The molecule has 3 aromatic rings. The summed E-state index contributed by atoms with van der Waals surface area (Å²) in [6.07, 6.45) is 1.12. The van der Waals surface area contributed by atoms with Crippen molar-refractivity contribution in [1.82, 2.24) is 9.97 Å². The van der Waals surface area contributed by atoms with E-state index in [4.69, 9.17) is 33.9 Å². The largest absolute Gasteiger partial charge is 0.397 e. The van der Waals surface area contributed by atoms with Crippen LogP contribution >= 0.6 is 34.5 Å². The van der Waals surface area contributed by atoms with Crippen molar-refractivity contribution in [3.8, 4) is 11.3 Å². The van der Waals surface area contributed by atoms with Crippen molar-refractivity contribution in [2.24, 2.45) is 0 Å². The van der Waals surface area contributed by atoms with Gasteiger partial charge in [0.25, 0.3) is 0 Å². The van der Waals surface area contributed by atoms with Crippen LogP contribution in [0.2, 0.25) is 10.0 Å². The molecule has 2 aromatic heterocycles. The van der Waals surface area contributed by atoms with Crippen molar-refractivity contribution < 1.29 is 4.79 Å². The highest BCUT2D eigenvalue weighted by Crippen LogP contribution is 2.41. The molecule has 1 aliphatic rings. The lowest BCUT2D eigenvalue weighted by atomic mass is 10.1. The molecule has 0 aliphatic carbocycles. The second-order valence-electron chi connectivity index (χ2n) is 5.92. The summed E-state index contributed by atoms with van der Waals surface area (Å²) < 4.78 is 0. The van der Waals surface area contributed by atoms with Crippen LogP contribution in [0.4, 0.5) is 11.6 Å². The van der Waals surface area contributed by atoms with Gasteiger partial charge in [0.2, 0.25) is 5.95 Å². The van der Waals surface area contributed by atoms with Gasteiger partial charge in [0.1, 0.15) is 4.83 Å². The molecule has 8 heteroatoms. The second kappa shape index (κ2) is 6.12. The number of nitrogen functional groups attached to an aromatic ring is 1. The van der Waals surface area contributed by atoms with Crippen LogP contribution in [0.15, 0.2) is 18.2 Å². The normalized spacial score (nSPS) is 14.0. The highest BCUT2D eigenvalue weighted by molar-refractivity contribution is 7.21. The molecule has 0 atom stereocenters. The van der Waals surface area contributed by atoms with Gasteiger partial charge in [-0.2, -0.15) is 0 Å². The third kappa shape index (κ3) is 2.74. The zero-order chi connectivity index (χ0) is 17.7. The number of anilines is 2. The molecule has 5 nitrogen and oxygen atoms in total. The van der Waals surface area contributed by atoms with Gasteiger partial charge in [-0.25, -0.2) is 9.97 Å². The number of Topliss-reactive ketones (excluding diaryl/α,β-unsaturated/α-hetero) is 1. The summed E-state index contributed by atoms with van der Waals surface area (Å²) in [5.41, 5.74) is 8.14. The van der Waals surface area contributed by atoms with Gasteiger partial charge in [-0.3, -0.25) is 4.79 Å². The van der Waals surface area contributed by atoms with E-state index >= 15 is 0 Å². The Morgan fingerprint density at radius 3 is 2.60 bits per heavy atom. The van der Waals surface area contributed by atoms with Crippen LogP contribution in [-0.2, 0) is 0 Å². The summed E-state index contributed by atoms with van der Waals surface area (Å²) >= 11 is 13.5. The van der Waals surface area contributed by atoms with Crippen molar-refractivity contribution in [2.75, 3.05) is 23.7 Å². The third-order valence-corrected chi connectivity index (χ3v) is 6.17. The van der Waals surface area contributed by atoms with Crippen LogP contribution in [0.5, 0.6) is 0 Å². The Hall–Kier alpha value is -1.89. The smallest absolute Gasteiger partial charge is 0.227 e. The first-order valence-corrected chi connectivity index (χ1v) is 9.34. The number of ketones is 1. The predicted octanol–water partition coefficient (Wildman–Crippen LogP) is 4.66. The fourth-order valence-electron chi connectivity index (χ4n) is 2.78. The lowest BCUT2D eigenvalue weighted by Gasteiger charge is -2.31. The SMILES string of the molecule is CC(=O)c1sc2nc(N3CCC3)nc(-c3ccc(Cl)c(Cl)c3)c2c1N. The molecule has 0 unspecified atom stereocenters. The number of nitrogens with two attached hydrogens (primary N) is 1. The quantitative estimate of drug-likeness (QED) is 0.656. The summed E-state index contributed by atoms with van der Waals surface area (Å²) in [5, 5.41) is 1.61. The monoisotopic (exact) mass is 392 g/mol. The minimum absolute atomic E-state index is 0.0777. The standard InChI is InChI=1S/C17H14Cl2N4OS/c1-8(24)15-13(20)12-14(9-3-4-10(18)11(19)7-9)21-17(22-16(12)25-15)23-5-2-6-23/h3-4,7H,2,5-6,20H2,1H3. The van der Waals surface area contributed by atoms with E-state index in [2.05, 4.69) is 9.88 Å². The Balaban J connectivity index is 2.01. The van der Waals surface area contributed by atoms with E-state index in [1.807, 2.05) is 6.07 Å². The number of thiophene rings is 1. The van der Waals surface area contributed by atoms with E-state index in [9.17, 15) is 4.79 Å². The Kier molecular flexibility index (Phi) is 4.06. The van der Waals surface area contributed by atoms with Gasteiger partial charge < -0.3 is 10.6 Å². The minimum atomic E-state index is -0.0777. The van der Waals surface area contributed by atoms with Gasteiger partial charge in [0.15, 0.2) is 5.78 Å². The van der Waals surface area contributed by atoms with Crippen LogP contribution in [0.1, 0.15) is 23.0 Å². The van der Waals surface area contributed by atoms with Crippen LogP contribution < -0.4 is 10.6 Å². The maximum Gasteiger partial charge on any atom is 0.227 e. The summed E-state index contributed by atoms with van der Waals surface area (Å²) in [5.74, 6) is 0.572. The highest BCUT2D eigenvalue weighted by atomic mass is 35.5. The van der Waals surface area contributed by atoms with E-state index in [1.165, 1.54) is 18.3 Å². The van der Waals surface area contributed by atoms with E-state index < -0.39 is 0 Å². The molecule has 1 saturated heterocycles. The molecular weight excluding hydrogens is 379 g/mol. The molecule has 2 N–H and O–H groups in total. The number of halogens is 2. The molecule has 0 spiro atoms. The number of carbonyl (C=O) groups is 1. The zero-order valence-corrected chi connectivity index (χ0v) is 15.7. The van der Waals surface area contributed by atoms with Crippen molar-refractivity contribution in [3.05, 3.63) is 33.1 Å². The summed E-state index contributed by atoms with van der Waals surface area (Å²) in [6.45, 7) is 3.35. The van der Waals surface area contributed by atoms with E-state index in [1.54, 1.807) is 12.1 Å². The van der Waals surface area contributed by atoms with Crippen LogP contribution in [0, 0.1) is 0 Å². The number of hydrogen-bond acceptors (Lipinski definition) is 6. The fraction of sp³-hybridized carbons (Fsp3) is 0.235. The lowest BCUT2D eigenvalue weighted by molar-refractivity contribution is 0.102. The minimum Gasteiger partial charge on any atom is -0.397 e. The number of benzene rings is 1. The van der Waals surface area contributed by atoms with Gasteiger partial charge >= 0.3 is 0 Å². The molecule has 4 rings (SSSR count). The number of rotatable bonds is 3. The molecule has 25 heavy (non-hydrogen) atoms. The van der Waals surface area contributed by atoms with Crippen molar-refractivity contribution >= 4 is 62.2 Å². The van der Waals surface area contributed by atoms with Crippen LogP contribution in [0.3, 0.4) is 0 Å².